The van der Waals surface area contributed by atoms with E-state index in [4.69, 9.17) is 5.11 Å². The van der Waals surface area contributed by atoms with E-state index in [1.807, 2.05) is 37.3 Å². The van der Waals surface area contributed by atoms with Crippen LogP contribution in [0.15, 0.2) is 43.0 Å². The van der Waals surface area contributed by atoms with Gasteiger partial charge in [0.25, 0.3) is 0 Å². The smallest absolute Gasteiger partial charge is 0.329 e. The van der Waals surface area contributed by atoms with E-state index in [1.54, 1.807) is 0 Å². The van der Waals surface area contributed by atoms with Crippen molar-refractivity contribution in [3.05, 3.63) is 48.6 Å². The molecule has 0 unspecified atom stereocenters. The molecule has 1 aromatic rings. The standard InChI is InChI=1S/C14H19N3O3/c1-3-9-17(10-13(18)19)16-14(20)15-11(2)12-7-5-4-6-8-12/h3-8,11H,1,9-10H2,2H3,(H,18,19)(H2,15,16,20)/t11-/m1/s1. The number of benzene rings is 1. The molecule has 0 fully saturated rings. The highest BCUT2D eigenvalue weighted by atomic mass is 16.4. The van der Waals surface area contributed by atoms with Crippen LogP contribution in [-0.2, 0) is 4.79 Å². The molecule has 3 N–H and O–H groups in total. The molecule has 0 saturated heterocycles. The van der Waals surface area contributed by atoms with Gasteiger partial charge in [0.1, 0.15) is 6.54 Å². The molecule has 0 bridgehead atoms. The molecule has 1 aromatic carbocycles. The lowest BCUT2D eigenvalue weighted by Crippen LogP contribution is -2.49. The second-order valence-electron chi connectivity index (χ2n) is 4.28. The average Bonchev–Trinajstić information content (AvgIpc) is 2.39. The average molecular weight is 277 g/mol. The summed E-state index contributed by atoms with van der Waals surface area (Å²) in [5.74, 6) is -1.02. The minimum atomic E-state index is -1.02. The molecule has 0 aromatic heterocycles. The highest BCUT2D eigenvalue weighted by Crippen LogP contribution is 2.10. The summed E-state index contributed by atoms with van der Waals surface area (Å²) in [6.45, 7) is 5.33. The Morgan fingerprint density at radius 1 is 1.40 bits per heavy atom. The van der Waals surface area contributed by atoms with Gasteiger partial charge in [-0.05, 0) is 12.5 Å². The zero-order valence-electron chi connectivity index (χ0n) is 11.4. The van der Waals surface area contributed by atoms with E-state index >= 15 is 0 Å². The van der Waals surface area contributed by atoms with Crippen LogP contribution in [0.3, 0.4) is 0 Å². The summed E-state index contributed by atoms with van der Waals surface area (Å²) in [4.78, 5) is 22.5. The number of carbonyl (C=O) groups is 2. The first-order chi connectivity index (χ1) is 9.52. The van der Waals surface area contributed by atoms with E-state index in [1.165, 1.54) is 11.1 Å². The maximum Gasteiger partial charge on any atom is 0.329 e. The Balaban J connectivity index is 2.52. The molecule has 0 aliphatic carbocycles. The number of hydrogen-bond acceptors (Lipinski definition) is 3. The van der Waals surface area contributed by atoms with Crippen molar-refractivity contribution in [1.82, 2.24) is 15.8 Å². The Morgan fingerprint density at radius 3 is 2.60 bits per heavy atom. The summed E-state index contributed by atoms with van der Waals surface area (Å²) in [7, 11) is 0. The molecular formula is C14H19N3O3. The van der Waals surface area contributed by atoms with Crippen LogP contribution in [0.4, 0.5) is 4.79 Å². The number of carboxylic acids is 1. The SMILES string of the molecule is C=CCN(CC(=O)O)NC(=O)N[C@H](C)c1ccccc1. The third-order valence-electron chi connectivity index (χ3n) is 2.58. The van der Waals surface area contributed by atoms with E-state index in [0.29, 0.717) is 0 Å². The summed E-state index contributed by atoms with van der Waals surface area (Å²) in [6.07, 6.45) is 1.52. The van der Waals surface area contributed by atoms with E-state index in [0.717, 1.165) is 5.56 Å². The second-order valence-corrected chi connectivity index (χ2v) is 4.28. The summed E-state index contributed by atoms with van der Waals surface area (Å²) in [5, 5.41) is 12.7. The summed E-state index contributed by atoms with van der Waals surface area (Å²) in [5.41, 5.74) is 3.45. The molecule has 0 heterocycles. The van der Waals surface area contributed by atoms with Gasteiger partial charge in [-0.2, -0.15) is 0 Å². The van der Waals surface area contributed by atoms with Crippen LogP contribution in [0, 0.1) is 0 Å². The van der Waals surface area contributed by atoms with Crippen LogP contribution < -0.4 is 10.7 Å². The van der Waals surface area contributed by atoms with Crippen LogP contribution in [0.5, 0.6) is 0 Å². The first kappa shape index (κ1) is 15.7. The predicted octanol–water partition coefficient (Wildman–Crippen LogP) is 1.53. The Bertz CT molecular complexity index is 462. The van der Waals surface area contributed by atoms with Crippen molar-refractivity contribution in [3.63, 3.8) is 0 Å². The zero-order valence-corrected chi connectivity index (χ0v) is 11.4. The molecule has 0 saturated carbocycles. The third kappa shape index (κ3) is 5.53. The maximum absolute atomic E-state index is 11.8. The van der Waals surface area contributed by atoms with Crippen LogP contribution >= 0.6 is 0 Å². The van der Waals surface area contributed by atoms with Crippen LogP contribution in [0.25, 0.3) is 0 Å². The number of hydrazine groups is 1. The number of urea groups is 1. The van der Waals surface area contributed by atoms with E-state index < -0.39 is 12.0 Å². The number of carboxylic acid groups (broad SMARTS) is 1. The fraction of sp³-hybridized carbons (Fsp3) is 0.286. The molecule has 108 valence electrons. The fourth-order valence-corrected chi connectivity index (χ4v) is 1.67. The molecule has 2 amide bonds. The number of hydrogen-bond donors (Lipinski definition) is 3. The Morgan fingerprint density at radius 2 is 2.05 bits per heavy atom. The lowest BCUT2D eigenvalue weighted by molar-refractivity contribution is -0.138. The van der Waals surface area contributed by atoms with Gasteiger partial charge in [0, 0.05) is 6.54 Å². The molecule has 1 atom stereocenters. The van der Waals surface area contributed by atoms with Gasteiger partial charge in [-0.25, -0.2) is 9.80 Å². The molecule has 0 aliphatic rings. The first-order valence-electron chi connectivity index (χ1n) is 6.22. The van der Waals surface area contributed by atoms with Crippen molar-refractivity contribution in [2.45, 2.75) is 13.0 Å². The molecule has 0 spiro atoms. The van der Waals surface area contributed by atoms with Gasteiger partial charge in [-0.1, -0.05) is 36.4 Å². The minimum Gasteiger partial charge on any atom is -0.480 e. The van der Waals surface area contributed by atoms with E-state index in [9.17, 15) is 9.59 Å². The van der Waals surface area contributed by atoms with Crippen molar-refractivity contribution in [2.24, 2.45) is 0 Å². The summed E-state index contributed by atoms with van der Waals surface area (Å²) >= 11 is 0. The molecule has 20 heavy (non-hydrogen) atoms. The lowest BCUT2D eigenvalue weighted by Gasteiger charge is -2.22. The Hall–Kier alpha value is -2.34. The molecule has 6 heteroatoms. The van der Waals surface area contributed by atoms with Gasteiger partial charge in [-0.15, -0.1) is 6.58 Å². The number of nitrogens with zero attached hydrogens (tertiary/aromatic N) is 1. The normalized spacial score (nSPS) is 11.7. The highest BCUT2D eigenvalue weighted by Gasteiger charge is 2.13. The van der Waals surface area contributed by atoms with Gasteiger partial charge in [0.05, 0.1) is 6.04 Å². The quantitative estimate of drug-likeness (QED) is 0.521. The van der Waals surface area contributed by atoms with Crippen molar-refractivity contribution < 1.29 is 14.7 Å². The summed E-state index contributed by atoms with van der Waals surface area (Å²) in [6, 6.07) is 8.86. The molecular weight excluding hydrogens is 258 g/mol. The van der Waals surface area contributed by atoms with E-state index in [2.05, 4.69) is 17.3 Å². The lowest BCUT2D eigenvalue weighted by atomic mass is 10.1. The van der Waals surface area contributed by atoms with Crippen molar-refractivity contribution >= 4 is 12.0 Å². The second kappa shape index (κ2) is 7.96. The van der Waals surface area contributed by atoms with Gasteiger partial charge in [0.15, 0.2) is 0 Å². The van der Waals surface area contributed by atoms with E-state index in [-0.39, 0.29) is 19.1 Å². The highest BCUT2D eigenvalue weighted by molar-refractivity contribution is 5.75. The summed E-state index contributed by atoms with van der Waals surface area (Å²) < 4.78 is 0. The van der Waals surface area contributed by atoms with Crippen molar-refractivity contribution in [1.29, 1.82) is 0 Å². The number of carbonyl (C=O) groups excluding carboxylic acids is 1. The fourth-order valence-electron chi connectivity index (χ4n) is 1.67. The maximum atomic E-state index is 11.8. The topological polar surface area (TPSA) is 81.7 Å². The van der Waals surface area contributed by atoms with Crippen LogP contribution in [0.1, 0.15) is 18.5 Å². The number of rotatable bonds is 7. The molecule has 6 nitrogen and oxygen atoms in total. The third-order valence-corrected chi connectivity index (χ3v) is 2.58. The first-order valence-corrected chi connectivity index (χ1v) is 6.22. The minimum absolute atomic E-state index is 0.174. The molecule has 0 radical (unpaired) electrons. The van der Waals surface area contributed by atoms with Crippen LogP contribution in [-0.4, -0.2) is 35.2 Å². The Labute approximate surface area is 118 Å². The van der Waals surface area contributed by atoms with Gasteiger partial charge >= 0.3 is 12.0 Å². The largest absolute Gasteiger partial charge is 0.480 e. The van der Waals surface area contributed by atoms with Crippen molar-refractivity contribution in [2.75, 3.05) is 13.1 Å². The number of aliphatic carboxylic acids is 1. The van der Waals surface area contributed by atoms with Gasteiger partial charge in [-0.3, -0.25) is 10.2 Å². The zero-order chi connectivity index (χ0) is 15.0. The molecule has 1 rings (SSSR count). The monoisotopic (exact) mass is 277 g/mol. The van der Waals surface area contributed by atoms with Gasteiger partial charge < -0.3 is 10.4 Å². The van der Waals surface area contributed by atoms with Gasteiger partial charge in [0.2, 0.25) is 0 Å². The van der Waals surface area contributed by atoms with Crippen molar-refractivity contribution in [3.8, 4) is 0 Å². The predicted molar refractivity (Wildman–Crippen MR) is 75.9 cm³/mol. The Kier molecular flexibility index (Phi) is 6.25. The van der Waals surface area contributed by atoms with Crippen LogP contribution in [0.2, 0.25) is 0 Å². The molecule has 0 aliphatic heterocycles. The number of amides is 2. The number of nitrogens with one attached hydrogen (secondary N) is 2.